The van der Waals surface area contributed by atoms with Crippen LogP contribution in [0.5, 0.6) is 0 Å². The maximum absolute atomic E-state index is 13.2. The molecule has 1 fully saturated rings. The number of alkyl halides is 3. The number of ether oxygens (including phenoxy) is 1. The first-order valence-electron chi connectivity index (χ1n) is 9.38. The third-order valence-corrected chi connectivity index (χ3v) is 4.73. The monoisotopic (exact) mass is 386 g/mol. The van der Waals surface area contributed by atoms with E-state index in [0.29, 0.717) is 25.2 Å². The number of amides is 1. The number of hydrogen-bond acceptors (Lipinski definition) is 3. The highest BCUT2D eigenvalue weighted by Crippen LogP contribution is 2.33. The molecule has 1 aromatic rings. The Balaban J connectivity index is 2.00. The lowest BCUT2D eigenvalue weighted by Crippen LogP contribution is -2.47. The first kappa shape index (κ1) is 21.5. The van der Waals surface area contributed by atoms with Crippen LogP contribution < -0.4 is 0 Å². The molecule has 152 valence electrons. The van der Waals surface area contributed by atoms with Crippen molar-refractivity contribution in [2.45, 2.75) is 64.9 Å². The van der Waals surface area contributed by atoms with E-state index in [9.17, 15) is 18.0 Å². The van der Waals surface area contributed by atoms with Gasteiger partial charge in [-0.1, -0.05) is 25.1 Å². The summed E-state index contributed by atoms with van der Waals surface area (Å²) < 4.78 is 45.1. The number of likely N-dealkylation sites (tertiary alicyclic amines) is 1. The summed E-state index contributed by atoms with van der Waals surface area (Å²) in [5, 5.41) is 0. The van der Waals surface area contributed by atoms with Crippen LogP contribution in [0.1, 0.15) is 51.7 Å². The molecule has 0 atom stereocenters. The van der Waals surface area contributed by atoms with Gasteiger partial charge in [-0.2, -0.15) is 13.2 Å². The van der Waals surface area contributed by atoms with Gasteiger partial charge >= 0.3 is 12.3 Å². The van der Waals surface area contributed by atoms with E-state index in [1.807, 2.05) is 27.7 Å². The van der Waals surface area contributed by atoms with Crippen LogP contribution in [0.25, 0.3) is 0 Å². The minimum absolute atomic E-state index is 0.148. The van der Waals surface area contributed by atoms with Gasteiger partial charge in [0.15, 0.2) is 0 Å². The standard InChI is InChI=1S/C20H29F3N2O2/c1-5-24(14-15-8-6-7-9-17(15)20(21,22)23)16-10-12-25(13-11-16)18(26)27-19(2,3)4/h6-9,16H,5,10-14H2,1-4H3. The Bertz CT molecular complexity index is 633. The van der Waals surface area contributed by atoms with Crippen molar-refractivity contribution in [3.05, 3.63) is 35.4 Å². The largest absolute Gasteiger partial charge is 0.444 e. The molecule has 0 radical (unpaired) electrons. The summed E-state index contributed by atoms with van der Waals surface area (Å²) in [6, 6.07) is 5.89. The SMILES string of the molecule is CCN(Cc1ccccc1C(F)(F)F)C1CCN(C(=O)OC(C)(C)C)CC1. The molecule has 1 aliphatic heterocycles. The van der Waals surface area contributed by atoms with Gasteiger partial charge in [-0.3, -0.25) is 4.90 Å². The average molecular weight is 386 g/mol. The molecule has 4 nitrogen and oxygen atoms in total. The van der Waals surface area contributed by atoms with Crippen molar-refractivity contribution in [3.8, 4) is 0 Å². The van der Waals surface area contributed by atoms with E-state index in [2.05, 4.69) is 4.90 Å². The third-order valence-electron chi connectivity index (χ3n) is 4.73. The zero-order chi connectivity index (χ0) is 20.2. The highest BCUT2D eigenvalue weighted by Gasteiger charge is 2.34. The lowest BCUT2D eigenvalue weighted by atomic mass is 10.0. The van der Waals surface area contributed by atoms with Gasteiger partial charge in [-0.15, -0.1) is 0 Å². The number of carbonyl (C=O) groups is 1. The lowest BCUT2D eigenvalue weighted by Gasteiger charge is -2.38. The summed E-state index contributed by atoms with van der Waals surface area (Å²) in [6.45, 7) is 9.45. The van der Waals surface area contributed by atoms with Crippen LogP contribution in [0.2, 0.25) is 0 Å². The fourth-order valence-corrected chi connectivity index (χ4v) is 3.39. The highest BCUT2D eigenvalue weighted by molar-refractivity contribution is 5.68. The summed E-state index contributed by atoms with van der Waals surface area (Å²) in [6.07, 6.45) is -3.23. The van der Waals surface area contributed by atoms with E-state index in [1.54, 1.807) is 17.0 Å². The van der Waals surface area contributed by atoms with Gasteiger partial charge in [0, 0.05) is 25.7 Å². The van der Waals surface area contributed by atoms with E-state index in [0.717, 1.165) is 18.9 Å². The van der Waals surface area contributed by atoms with Crippen LogP contribution in [0.15, 0.2) is 24.3 Å². The molecule has 27 heavy (non-hydrogen) atoms. The van der Waals surface area contributed by atoms with Crippen molar-refractivity contribution in [3.63, 3.8) is 0 Å². The molecule has 1 heterocycles. The number of hydrogen-bond donors (Lipinski definition) is 0. The highest BCUT2D eigenvalue weighted by atomic mass is 19.4. The Labute approximate surface area is 159 Å². The summed E-state index contributed by atoms with van der Waals surface area (Å²) >= 11 is 0. The predicted molar refractivity (Wildman–Crippen MR) is 98.4 cm³/mol. The van der Waals surface area contributed by atoms with E-state index in [4.69, 9.17) is 4.74 Å². The number of halogens is 3. The maximum Gasteiger partial charge on any atom is 0.416 e. The van der Waals surface area contributed by atoms with Crippen molar-refractivity contribution in [1.82, 2.24) is 9.80 Å². The van der Waals surface area contributed by atoms with Crippen molar-refractivity contribution >= 4 is 6.09 Å². The molecule has 0 unspecified atom stereocenters. The van der Waals surface area contributed by atoms with Crippen LogP contribution in [-0.2, 0) is 17.5 Å². The Kier molecular flexibility index (Phi) is 6.78. The van der Waals surface area contributed by atoms with Gasteiger partial charge in [0.25, 0.3) is 0 Å². The van der Waals surface area contributed by atoms with Gasteiger partial charge in [-0.05, 0) is 51.8 Å². The molecule has 1 aliphatic rings. The second-order valence-electron chi connectivity index (χ2n) is 7.92. The van der Waals surface area contributed by atoms with E-state index < -0.39 is 17.3 Å². The second kappa shape index (κ2) is 8.50. The average Bonchev–Trinajstić information content (AvgIpc) is 2.58. The minimum Gasteiger partial charge on any atom is -0.444 e. The summed E-state index contributed by atoms with van der Waals surface area (Å²) in [5.41, 5.74) is -0.818. The van der Waals surface area contributed by atoms with Crippen LogP contribution in [-0.4, -0.2) is 47.2 Å². The van der Waals surface area contributed by atoms with Gasteiger partial charge < -0.3 is 9.64 Å². The smallest absolute Gasteiger partial charge is 0.416 e. The normalized spacial score (nSPS) is 16.7. The molecule has 0 aromatic heterocycles. The minimum atomic E-state index is -4.35. The van der Waals surface area contributed by atoms with Gasteiger partial charge in [0.2, 0.25) is 0 Å². The molecule has 0 N–H and O–H groups in total. The summed E-state index contributed by atoms with van der Waals surface area (Å²) in [7, 11) is 0. The number of carbonyl (C=O) groups excluding carboxylic acids is 1. The first-order chi connectivity index (χ1) is 12.5. The molecule has 2 rings (SSSR count). The van der Waals surface area contributed by atoms with E-state index in [1.165, 1.54) is 6.07 Å². The summed E-state index contributed by atoms with van der Waals surface area (Å²) in [5.74, 6) is 0. The molecule has 0 aliphatic carbocycles. The maximum atomic E-state index is 13.2. The molecule has 0 saturated carbocycles. The molecule has 1 amide bonds. The second-order valence-corrected chi connectivity index (χ2v) is 7.92. The van der Waals surface area contributed by atoms with Crippen LogP contribution >= 0.6 is 0 Å². The molecule has 7 heteroatoms. The van der Waals surface area contributed by atoms with Crippen molar-refractivity contribution in [2.24, 2.45) is 0 Å². The molecular formula is C20H29F3N2O2. The fourth-order valence-electron chi connectivity index (χ4n) is 3.39. The number of benzene rings is 1. The number of nitrogens with zero attached hydrogens (tertiary/aromatic N) is 2. The van der Waals surface area contributed by atoms with Crippen molar-refractivity contribution < 1.29 is 22.7 Å². The quantitative estimate of drug-likeness (QED) is 0.736. The molecule has 1 aromatic carbocycles. The predicted octanol–water partition coefficient (Wildman–Crippen LogP) is 4.93. The van der Waals surface area contributed by atoms with Crippen LogP contribution in [0.3, 0.4) is 0 Å². The van der Waals surface area contributed by atoms with Gasteiger partial charge in [0.05, 0.1) is 5.56 Å². The molecule has 0 spiro atoms. The number of piperidine rings is 1. The van der Waals surface area contributed by atoms with Crippen LogP contribution in [0, 0.1) is 0 Å². The van der Waals surface area contributed by atoms with Gasteiger partial charge in [0.1, 0.15) is 5.60 Å². The fraction of sp³-hybridized carbons (Fsp3) is 0.650. The van der Waals surface area contributed by atoms with Gasteiger partial charge in [-0.25, -0.2) is 4.79 Å². The number of rotatable bonds is 4. The zero-order valence-corrected chi connectivity index (χ0v) is 16.5. The van der Waals surface area contributed by atoms with Crippen molar-refractivity contribution in [1.29, 1.82) is 0 Å². The van der Waals surface area contributed by atoms with E-state index in [-0.39, 0.29) is 18.7 Å². The molecule has 0 bridgehead atoms. The Morgan fingerprint density at radius 1 is 1.19 bits per heavy atom. The summed E-state index contributed by atoms with van der Waals surface area (Å²) in [4.78, 5) is 15.9. The Hall–Kier alpha value is -1.76. The first-order valence-corrected chi connectivity index (χ1v) is 9.38. The van der Waals surface area contributed by atoms with E-state index >= 15 is 0 Å². The van der Waals surface area contributed by atoms with Crippen LogP contribution in [0.4, 0.5) is 18.0 Å². The Morgan fingerprint density at radius 2 is 1.78 bits per heavy atom. The Morgan fingerprint density at radius 3 is 2.30 bits per heavy atom. The lowest BCUT2D eigenvalue weighted by molar-refractivity contribution is -0.138. The molecule has 1 saturated heterocycles. The third kappa shape index (κ3) is 6.13. The van der Waals surface area contributed by atoms with Crippen molar-refractivity contribution in [2.75, 3.05) is 19.6 Å². The topological polar surface area (TPSA) is 32.8 Å². The molecular weight excluding hydrogens is 357 g/mol. The zero-order valence-electron chi connectivity index (χ0n) is 16.5.